The van der Waals surface area contributed by atoms with E-state index in [4.69, 9.17) is 9.47 Å². The van der Waals surface area contributed by atoms with Crippen LogP contribution in [-0.2, 0) is 0 Å². The van der Waals surface area contributed by atoms with Gasteiger partial charge >= 0.3 is 0 Å². The Morgan fingerprint density at radius 1 is 1.25 bits per heavy atom. The Kier molecular flexibility index (Phi) is 4.70. The molecule has 0 radical (unpaired) electrons. The third kappa shape index (κ3) is 3.50. The topological polar surface area (TPSA) is 30.5 Å². The van der Waals surface area contributed by atoms with Crippen molar-refractivity contribution in [3.8, 4) is 11.5 Å². The second-order valence-corrected chi connectivity index (χ2v) is 3.73. The standard InChI is InChI=1S/C13H19NO2/c1-10(2)7-8-14-12-9-11(15-3)5-6-13(12)16-4/h5-7,9,14H,8H2,1-4H3. The summed E-state index contributed by atoms with van der Waals surface area (Å²) in [5, 5.41) is 3.29. The molecule has 16 heavy (non-hydrogen) atoms. The molecule has 0 aliphatic heterocycles. The number of hydrogen-bond donors (Lipinski definition) is 1. The lowest BCUT2D eigenvalue weighted by molar-refractivity contribution is 0.404. The zero-order chi connectivity index (χ0) is 12.0. The third-order valence-electron chi connectivity index (χ3n) is 2.21. The van der Waals surface area contributed by atoms with Crippen LogP contribution in [0.15, 0.2) is 29.8 Å². The van der Waals surface area contributed by atoms with E-state index in [2.05, 4.69) is 25.2 Å². The highest BCUT2D eigenvalue weighted by atomic mass is 16.5. The average molecular weight is 221 g/mol. The molecule has 0 saturated heterocycles. The molecule has 88 valence electrons. The second kappa shape index (κ2) is 6.05. The molecule has 1 rings (SSSR count). The first-order valence-corrected chi connectivity index (χ1v) is 5.26. The number of anilines is 1. The van der Waals surface area contributed by atoms with Crippen molar-refractivity contribution in [1.82, 2.24) is 0 Å². The minimum atomic E-state index is 0.784. The molecule has 3 heteroatoms. The zero-order valence-electron chi connectivity index (χ0n) is 10.3. The molecule has 0 aromatic heterocycles. The van der Waals surface area contributed by atoms with E-state index in [9.17, 15) is 0 Å². The van der Waals surface area contributed by atoms with Crippen molar-refractivity contribution in [3.63, 3.8) is 0 Å². The summed E-state index contributed by atoms with van der Waals surface area (Å²) in [6, 6.07) is 5.70. The lowest BCUT2D eigenvalue weighted by Gasteiger charge is -2.11. The van der Waals surface area contributed by atoms with Crippen molar-refractivity contribution in [3.05, 3.63) is 29.8 Å². The van der Waals surface area contributed by atoms with Crippen LogP contribution in [-0.4, -0.2) is 20.8 Å². The fourth-order valence-corrected chi connectivity index (χ4v) is 1.32. The van der Waals surface area contributed by atoms with E-state index in [1.807, 2.05) is 18.2 Å². The van der Waals surface area contributed by atoms with Gasteiger partial charge in [0.1, 0.15) is 11.5 Å². The molecule has 0 spiro atoms. The molecule has 1 aromatic carbocycles. The molecule has 0 bridgehead atoms. The van der Waals surface area contributed by atoms with Crippen LogP contribution < -0.4 is 14.8 Å². The number of nitrogens with one attached hydrogen (secondary N) is 1. The first kappa shape index (κ1) is 12.4. The smallest absolute Gasteiger partial charge is 0.142 e. The normalized spacial score (nSPS) is 9.50. The van der Waals surface area contributed by atoms with Crippen molar-refractivity contribution in [1.29, 1.82) is 0 Å². The quantitative estimate of drug-likeness (QED) is 0.775. The number of benzene rings is 1. The Labute approximate surface area is 97.1 Å². The molecule has 1 N–H and O–H groups in total. The van der Waals surface area contributed by atoms with Crippen molar-refractivity contribution in [2.45, 2.75) is 13.8 Å². The monoisotopic (exact) mass is 221 g/mol. The van der Waals surface area contributed by atoms with Gasteiger partial charge in [0, 0.05) is 12.6 Å². The molecule has 0 atom stereocenters. The summed E-state index contributed by atoms with van der Waals surface area (Å²) in [6.07, 6.45) is 2.12. The van der Waals surface area contributed by atoms with Crippen LogP contribution in [0.5, 0.6) is 11.5 Å². The minimum Gasteiger partial charge on any atom is -0.497 e. The second-order valence-electron chi connectivity index (χ2n) is 3.73. The van der Waals surface area contributed by atoms with Crippen LogP contribution in [0.1, 0.15) is 13.8 Å². The van der Waals surface area contributed by atoms with Gasteiger partial charge in [0.25, 0.3) is 0 Å². The van der Waals surface area contributed by atoms with E-state index in [1.165, 1.54) is 5.57 Å². The summed E-state index contributed by atoms with van der Waals surface area (Å²) in [5.74, 6) is 1.64. The number of allylic oxidation sites excluding steroid dienone is 1. The molecule has 1 aromatic rings. The van der Waals surface area contributed by atoms with Crippen molar-refractivity contribution in [2.24, 2.45) is 0 Å². The van der Waals surface area contributed by atoms with Crippen LogP contribution in [0.2, 0.25) is 0 Å². The highest BCUT2D eigenvalue weighted by molar-refractivity contribution is 5.60. The summed E-state index contributed by atoms with van der Waals surface area (Å²) >= 11 is 0. The highest BCUT2D eigenvalue weighted by Crippen LogP contribution is 2.28. The van der Waals surface area contributed by atoms with Crippen molar-refractivity contribution in [2.75, 3.05) is 26.1 Å². The molecule has 0 unspecified atom stereocenters. The van der Waals surface area contributed by atoms with Gasteiger partial charge in [-0.1, -0.05) is 11.6 Å². The van der Waals surface area contributed by atoms with E-state index >= 15 is 0 Å². The zero-order valence-corrected chi connectivity index (χ0v) is 10.3. The fraction of sp³-hybridized carbons (Fsp3) is 0.385. The van der Waals surface area contributed by atoms with Gasteiger partial charge in [-0.15, -0.1) is 0 Å². The van der Waals surface area contributed by atoms with Gasteiger partial charge in [-0.3, -0.25) is 0 Å². The molecule has 0 fully saturated rings. The molecule has 3 nitrogen and oxygen atoms in total. The summed E-state index contributed by atoms with van der Waals surface area (Å²) in [5.41, 5.74) is 2.23. The fourth-order valence-electron chi connectivity index (χ4n) is 1.32. The maximum atomic E-state index is 5.26. The number of hydrogen-bond acceptors (Lipinski definition) is 3. The van der Waals surface area contributed by atoms with Gasteiger partial charge in [-0.2, -0.15) is 0 Å². The molecule has 0 heterocycles. The van der Waals surface area contributed by atoms with Gasteiger partial charge in [-0.05, 0) is 26.0 Å². The first-order valence-electron chi connectivity index (χ1n) is 5.26. The van der Waals surface area contributed by atoms with Crippen LogP contribution >= 0.6 is 0 Å². The van der Waals surface area contributed by atoms with E-state index in [0.717, 1.165) is 23.7 Å². The van der Waals surface area contributed by atoms with E-state index in [1.54, 1.807) is 14.2 Å². The predicted octanol–water partition coefficient (Wildman–Crippen LogP) is 3.08. The van der Waals surface area contributed by atoms with E-state index < -0.39 is 0 Å². The summed E-state index contributed by atoms with van der Waals surface area (Å²) in [7, 11) is 3.32. The third-order valence-corrected chi connectivity index (χ3v) is 2.21. The largest absolute Gasteiger partial charge is 0.497 e. The summed E-state index contributed by atoms with van der Waals surface area (Å²) < 4.78 is 10.4. The van der Waals surface area contributed by atoms with Gasteiger partial charge in [0.15, 0.2) is 0 Å². The van der Waals surface area contributed by atoms with Gasteiger partial charge in [0.2, 0.25) is 0 Å². The van der Waals surface area contributed by atoms with Gasteiger partial charge in [0.05, 0.1) is 19.9 Å². The average Bonchev–Trinajstić information content (AvgIpc) is 2.28. The van der Waals surface area contributed by atoms with Gasteiger partial charge in [-0.25, -0.2) is 0 Å². The number of methoxy groups -OCH3 is 2. The Morgan fingerprint density at radius 3 is 2.56 bits per heavy atom. The maximum absolute atomic E-state index is 5.26. The Morgan fingerprint density at radius 2 is 2.00 bits per heavy atom. The Hall–Kier alpha value is -1.64. The first-order chi connectivity index (χ1) is 7.67. The van der Waals surface area contributed by atoms with E-state index in [0.29, 0.717) is 0 Å². The number of ether oxygens (including phenoxy) is 2. The van der Waals surface area contributed by atoms with Crippen molar-refractivity contribution >= 4 is 5.69 Å². The highest BCUT2D eigenvalue weighted by Gasteiger charge is 2.03. The lowest BCUT2D eigenvalue weighted by atomic mass is 10.2. The molecule has 0 aliphatic rings. The van der Waals surface area contributed by atoms with Crippen LogP contribution in [0.4, 0.5) is 5.69 Å². The molecular formula is C13H19NO2. The molecule has 0 saturated carbocycles. The molecule has 0 aliphatic carbocycles. The lowest BCUT2D eigenvalue weighted by Crippen LogP contribution is -2.01. The van der Waals surface area contributed by atoms with Crippen molar-refractivity contribution < 1.29 is 9.47 Å². The van der Waals surface area contributed by atoms with Crippen LogP contribution in [0.25, 0.3) is 0 Å². The summed E-state index contributed by atoms with van der Waals surface area (Å²) in [4.78, 5) is 0. The SMILES string of the molecule is COc1ccc(OC)c(NCC=C(C)C)c1. The van der Waals surface area contributed by atoms with Crippen LogP contribution in [0, 0.1) is 0 Å². The maximum Gasteiger partial charge on any atom is 0.142 e. The van der Waals surface area contributed by atoms with Crippen LogP contribution in [0.3, 0.4) is 0 Å². The predicted molar refractivity (Wildman–Crippen MR) is 67.5 cm³/mol. The summed E-state index contributed by atoms with van der Waals surface area (Å²) in [6.45, 7) is 4.93. The van der Waals surface area contributed by atoms with Gasteiger partial charge < -0.3 is 14.8 Å². The molecule has 0 amide bonds. The number of rotatable bonds is 5. The van der Waals surface area contributed by atoms with E-state index in [-0.39, 0.29) is 0 Å². The Bertz CT molecular complexity index is 368. The molecular weight excluding hydrogens is 202 g/mol. The minimum absolute atomic E-state index is 0.784. The Balaban J connectivity index is 2.79.